The predicted molar refractivity (Wildman–Crippen MR) is 161 cm³/mol. The molecule has 1 saturated heterocycles. The number of methoxy groups -OCH3 is 2. The SMILES string of the molecule is COC(=O)/C=C1\OC[C@@]2(OCc3ccccc3)[C@H](OCc3ccccc3)c3cccc(OC)c3C(=O)[C@@]12OC(=O)OC(C)(C)C. The number of carbonyl (C=O) groups is 3. The van der Waals surface area contributed by atoms with Crippen molar-refractivity contribution in [1.82, 2.24) is 0 Å². The number of hydrogen-bond donors (Lipinski definition) is 0. The van der Waals surface area contributed by atoms with Gasteiger partial charge < -0.3 is 33.2 Å². The summed E-state index contributed by atoms with van der Waals surface area (Å²) < 4.78 is 41.7. The average Bonchev–Trinajstić information content (AvgIpc) is 3.33. The molecule has 10 heteroatoms. The van der Waals surface area contributed by atoms with E-state index in [4.69, 9.17) is 33.2 Å². The van der Waals surface area contributed by atoms with Crippen LogP contribution in [0.4, 0.5) is 4.79 Å². The van der Waals surface area contributed by atoms with Gasteiger partial charge in [-0.05, 0) is 43.5 Å². The molecule has 1 heterocycles. The van der Waals surface area contributed by atoms with Crippen molar-refractivity contribution in [3.63, 3.8) is 0 Å². The van der Waals surface area contributed by atoms with E-state index in [2.05, 4.69) is 0 Å². The normalized spacial score (nSPS) is 23.0. The van der Waals surface area contributed by atoms with Gasteiger partial charge in [0.2, 0.25) is 5.78 Å². The van der Waals surface area contributed by atoms with Crippen LogP contribution in [0.15, 0.2) is 90.7 Å². The topological polar surface area (TPSA) is 116 Å². The van der Waals surface area contributed by atoms with Crippen molar-refractivity contribution < 1.29 is 47.5 Å². The molecule has 0 unspecified atom stereocenters. The van der Waals surface area contributed by atoms with Gasteiger partial charge in [-0.15, -0.1) is 0 Å². The summed E-state index contributed by atoms with van der Waals surface area (Å²) in [5.74, 6) is -1.65. The highest BCUT2D eigenvalue weighted by molar-refractivity contribution is 6.12. The summed E-state index contributed by atoms with van der Waals surface area (Å²) in [5, 5.41) is 0. The van der Waals surface area contributed by atoms with Crippen LogP contribution in [0.5, 0.6) is 5.75 Å². The largest absolute Gasteiger partial charge is 0.510 e. The molecule has 0 bridgehead atoms. The van der Waals surface area contributed by atoms with Crippen LogP contribution in [-0.4, -0.2) is 55.5 Å². The number of esters is 1. The fourth-order valence-corrected chi connectivity index (χ4v) is 5.64. The minimum absolute atomic E-state index is 0.0209. The van der Waals surface area contributed by atoms with Gasteiger partial charge in [0.1, 0.15) is 24.1 Å². The second-order valence-electron chi connectivity index (χ2n) is 11.7. The molecule has 0 saturated carbocycles. The number of carbonyl (C=O) groups excluding carboxylic acids is 3. The summed E-state index contributed by atoms with van der Waals surface area (Å²) >= 11 is 0. The van der Waals surface area contributed by atoms with Gasteiger partial charge in [-0.25, -0.2) is 9.59 Å². The molecule has 1 aliphatic heterocycles. The van der Waals surface area contributed by atoms with Crippen LogP contribution < -0.4 is 4.74 Å². The van der Waals surface area contributed by atoms with E-state index in [0.717, 1.165) is 17.2 Å². The summed E-state index contributed by atoms with van der Waals surface area (Å²) in [6, 6.07) is 23.8. The molecule has 0 radical (unpaired) electrons. The molecule has 1 aliphatic carbocycles. The molecule has 236 valence electrons. The van der Waals surface area contributed by atoms with Crippen molar-refractivity contribution in [2.24, 2.45) is 0 Å². The lowest BCUT2D eigenvalue weighted by molar-refractivity contribution is -0.219. The Kier molecular flexibility index (Phi) is 8.99. The fraction of sp³-hybridized carbons (Fsp3) is 0.343. The van der Waals surface area contributed by atoms with E-state index in [1.807, 2.05) is 60.7 Å². The Hall–Kier alpha value is -4.67. The van der Waals surface area contributed by atoms with Crippen LogP contribution in [0.2, 0.25) is 0 Å². The second-order valence-corrected chi connectivity index (χ2v) is 11.7. The van der Waals surface area contributed by atoms with Gasteiger partial charge in [0.05, 0.1) is 39.1 Å². The zero-order chi connectivity index (χ0) is 32.2. The zero-order valence-electron chi connectivity index (χ0n) is 25.9. The molecule has 10 nitrogen and oxygen atoms in total. The van der Waals surface area contributed by atoms with Crippen molar-refractivity contribution in [1.29, 1.82) is 0 Å². The van der Waals surface area contributed by atoms with E-state index in [1.165, 1.54) is 14.2 Å². The highest BCUT2D eigenvalue weighted by Gasteiger charge is 2.76. The Bertz CT molecular complexity index is 1580. The Balaban J connectivity index is 1.77. The highest BCUT2D eigenvalue weighted by Crippen LogP contribution is 2.58. The quantitative estimate of drug-likeness (QED) is 0.213. The molecule has 45 heavy (non-hydrogen) atoms. The van der Waals surface area contributed by atoms with E-state index in [9.17, 15) is 14.4 Å². The maximum atomic E-state index is 15.0. The lowest BCUT2D eigenvalue weighted by Gasteiger charge is -2.48. The monoisotopic (exact) mass is 616 g/mol. The number of ether oxygens (including phenoxy) is 7. The molecule has 0 amide bonds. The maximum Gasteiger partial charge on any atom is 0.510 e. The van der Waals surface area contributed by atoms with Crippen LogP contribution in [0, 0.1) is 0 Å². The van der Waals surface area contributed by atoms with Crippen LogP contribution in [-0.2, 0) is 46.4 Å². The third-order valence-electron chi connectivity index (χ3n) is 7.59. The summed E-state index contributed by atoms with van der Waals surface area (Å²) in [6.45, 7) is 4.74. The number of Topliss-reactive ketones (excluding diaryl/α,β-unsaturated/α-hetero) is 1. The maximum absolute atomic E-state index is 15.0. The average molecular weight is 617 g/mol. The molecular weight excluding hydrogens is 580 g/mol. The second kappa shape index (κ2) is 12.7. The summed E-state index contributed by atoms with van der Waals surface area (Å²) in [7, 11) is 2.61. The number of ketones is 1. The zero-order valence-corrected chi connectivity index (χ0v) is 25.9. The van der Waals surface area contributed by atoms with Crippen molar-refractivity contribution in [2.45, 2.75) is 56.9 Å². The van der Waals surface area contributed by atoms with E-state index < -0.39 is 40.8 Å². The van der Waals surface area contributed by atoms with E-state index >= 15 is 0 Å². The van der Waals surface area contributed by atoms with Gasteiger partial charge in [-0.2, -0.15) is 0 Å². The third kappa shape index (κ3) is 6.03. The molecule has 0 spiro atoms. The first-order valence-electron chi connectivity index (χ1n) is 14.4. The van der Waals surface area contributed by atoms with E-state index in [-0.39, 0.29) is 36.9 Å². The van der Waals surface area contributed by atoms with Crippen molar-refractivity contribution in [2.75, 3.05) is 20.8 Å². The van der Waals surface area contributed by atoms with Gasteiger partial charge >= 0.3 is 12.1 Å². The molecule has 0 aromatic heterocycles. The molecule has 5 rings (SSSR count). The van der Waals surface area contributed by atoms with Gasteiger partial charge in [0.25, 0.3) is 5.60 Å². The standard InChI is InChI=1S/C35H36O10/c1-33(2,3)44-32(38)45-35-27(19-28(36)40-5)42-22-34(35,43-21-24-15-10-7-11-16-24)31(41-20-23-13-8-6-9-14-23)25-17-12-18-26(39-4)29(25)30(35)37/h6-19,31H,20-22H2,1-5H3/b27-19-/t31-,34-,35+/m1/s1. The number of benzene rings is 3. The van der Waals surface area contributed by atoms with Crippen LogP contribution in [0.1, 0.15) is 53.9 Å². The number of hydrogen-bond acceptors (Lipinski definition) is 10. The first-order chi connectivity index (χ1) is 21.5. The summed E-state index contributed by atoms with van der Waals surface area (Å²) in [6.07, 6.45) is -1.27. The number of fused-ring (bicyclic) bond motifs is 2. The van der Waals surface area contributed by atoms with Gasteiger partial charge in [-0.3, -0.25) is 4.79 Å². The lowest BCUT2D eigenvalue weighted by Crippen LogP contribution is -2.67. The van der Waals surface area contributed by atoms with Crippen LogP contribution in [0.3, 0.4) is 0 Å². The van der Waals surface area contributed by atoms with Crippen molar-refractivity contribution in [3.05, 3.63) is 113 Å². The number of rotatable bonds is 9. The van der Waals surface area contributed by atoms with Crippen LogP contribution >= 0.6 is 0 Å². The minimum atomic E-state index is -2.39. The summed E-state index contributed by atoms with van der Waals surface area (Å²) in [4.78, 5) is 41.2. The molecule has 2 aliphatic rings. The van der Waals surface area contributed by atoms with Gasteiger partial charge in [0, 0.05) is 0 Å². The minimum Gasteiger partial charge on any atom is -0.496 e. The Morgan fingerprint density at radius 1 is 0.911 bits per heavy atom. The first-order valence-corrected chi connectivity index (χ1v) is 14.4. The lowest BCUT2D eigenvalue weighted by atomic mass is 9.66. The molecule has 3 aromatic carbocycles. The Morgan fingerprint density at radius 2 is 1.56 bits per heavy atom. The molecular formula is C35H36O10. The molecule has 3 aromatic rings. The smallest absolute Gasteiger partial charge is 0.496 e. The van der Waals surface area contributed by atoms with Gasteiger partial charge in [0.15, 0.2) is 11.4 Å². The van der Waals surface area contributed by atoms with Crippen molar-refractivity contribution >= 4 is 17.9 Å². The molecule has 1 fully saturated rings. The Morgan fingerprint density at radius 3 is 2.16 bits per heavy atom. The highest BCUT2D eigenvalue weighted by atomic mass is 16.8. The molecule has 0 N–H and O–H groups in total. The fourth-order valence-electron chi connectivity index (χ4n) is 5.64. The van der Waals surface area contributed by atoms with Crippen LogP contribution in [0.25, 0.3) is 0 Å². The van der Waals surface area contributed by atoms with Gasteiger partial charge in [-0.1, -0.05) is 72.8 Å². The van der Waals surface area contributed by atoms with E-state index in [0.29, 0.717) is 5.56 Å². The third-order valence-corrected chi connectivity index (χ3v) is 7.59. The first kappa shape index (κ1) is 31.7. The summed E-state index contributed by atoms with van der Waals surface area (Å²) in [5.41, 5.74) is -3.07. The van der Waals surface area contributed by atoms with E-state index in [1.54, 1.807) is 39.0 Å². The molecule has 3 atom stereocenters. The Labute approximate surface area is 261 Å². The van der Waals surface area contributed by atoms with Crippen molar-refractivity contribution in [3.8, 4) is 5.75 Å². The predicted octanol–water partition coefficient (Wildman–Crippen LogP) is 5.88.